The highest BCUT2D eigenvalue weighted by atomic mass is 16.6. The van der Waals surface area contributed by atoms with Crippen LogP contribution in [0.5, 0.6) is 0 Å². The first-order chi connectivity index (χ1) is 11.4. The van der Waals surface area contributed by atoms with Crippen LogP contribution < -0.4 is 5.32 Å². The molecule has 2 aliphatic heterocycles. The Bertz CT molecular complexity index is 792. The number of fused-ring (bicyclic) bond motifs is 4. The number of likely N-dealkylation sites (tertiary alicyclic amines) is 1. The molecule has 0 bridgehead atoms. The van der Waals surface area contributed by atoms with Gasteiger partial charge in [-0.1, -0.05) is 0 Å². The van der Waals surface area contributed by atoms with Gasteiger partial charge in [0.1, 0.15) is 5.60 Å². The minimum atomic E-state index is -0.483. The van der Waals surface area contributed by atoms with Gasteiger partial charge in [-0.05, 0) is 51.5 Å². The second kappa shape index (κ2) is 5.00. The van der Waals surface area contributed by atoms with Crippen LogP contribution in [-0.2, 0) is 10.3 Å². The molecule has 6 heteroatoms. The molecular formula is C18H22N4O2. The summed E-state index contributed by atoms with van der Waals surface area (Å²) in [6, 6.07) is 8.08. The fraction of sp³-hybridized carbons (Fsp3) is 0.444. The number of amides is 1. The molecule has 0 aliphatic carbocycles. The average molecular weight is 326 g/mol. The van der Waals surface area contributed by atoms with Gasteiger partial charge in [0.2, 0.25) is 0 Å². The molecule has 2 aromatic rings. The van der Waals surface area contributed by atoms with Gasteiger partial charge in [0.25, 0.3) is 0 Å². The summed E-state index contributed by atoms with van der Waals surface area (Å²) in [4.78, 5) is 18.7. The van der Waals surface area contributed by atoms with Gasteiger partial charge < -0.3 is 19.5 Å². The highest BCUT2D eigenvalue weighted by Gasteiger charge is 2.46. The summed E-state index contributed by atoms with van der Waals surface area (Å²) in [5.41, 5.74) is 1.35. The van der Waals surface area contributed by atoms with Gasteiger partial charge in [-0.15, -0.1) is 0 Å². The topological polar surface area (TPSA) is 59.4 Å². The fourth-order valence-electron chi connectivity index (χ4n) is 3.57. The summed E-state index contributed by atoms with van der Waals surface area (Å²) in [7, 11) is 0. The molecular weight excluding hydrogens is 304 g/mol. The molecule has 4 heterocycles. The zero-order chi connectivity index (χ0) is 16.9. The van der Waals surface area contributed by atoms with Crippen LogP contribution in [0.4, 0.5) is 10.5 Å². The standard InChI is InChI=1S/C18H22N4O2/c1-17(2,3)24-16(23)21-11-8-18(12-21)14-7-5-10-22(14)15-13(20-18)6-4-9-19-15/h4-7,9-10,20H,8,11-12H2,1-3H3/t18-/m1/s1. The van der Waals surface area contributed by atoms with E-state index in [9.17, 15) is 4.79 Å². The van der Waals surface area contributed by atoms with E-state index < -0.39 is 5.60 Å². The number of rotatable bonds is 0. The molecule has 1 saturated heterocycles. The number of pyridine rings is 1. The van der Waals surface area contributed by atoms with Gasteiger partial charge in [-0.3, -0.25) is 0 Å². The van der Waals surface area contributed by atoms with Crippen molar-refractivity contribution in [3.05, 3.63) is 42.4 Å². The van der Waals surface area contributed by atoms with Crippen LogP contribution in [0.2, 0.25) is 0 Å². The Balaban J connectivity index is 1.65. The molecule has 1 spiro atoms. The maximum atomic E-state index is 12.4. The average Bonchev–Trinajstić information content (AvgIpc) is 3.14. The number of ether oxygens (including phenoxy) is 1. The number of nitrogens with one attached hydrogen (secondary N) is 1. The minimum Gasteiger partial charge on any atom is -0.444 e. The number of aromatic nitrogens is 2. The fourth-order valence-corrected chi connectivity index (χ4v) is 3.57. The van der Waals surface area contributed by atoms with Crippen molar-refractivity contribution in [2.45, 2.75) is 38.3 Å². The number of anilines is 1. The molecule has 0 radical (unpaired) electrons. The Hall–Kier alpha value is -2.50. The molecule has 4 rings (SSSR count). The van der Waals surface area contributed by atoms with Gasteiger partial charge in [0, 0.05) is 18.9 Å². The maximum Gasteiger partial charge on any atom is 0.410 e. The lowest BCUT2D eigenvalue weighted by molar-refractivity contribution is 0.0285. The van der Waals surface area contributed by atoms with Gasteiger partial charge in [-0.2, -0.15) is 0 Å². The molecule has 1 N–H and O–H groups in total. The summed E-state index contributed by atoms with van der Waals surface area (Å²) in [5.74, 6) is 0.902. The number of hydrogen-bond acceptors (Lipinski definition) is 4. The van der Waals surface area contributed by atoms with Crippen molar-refractivity contribution in [2.75, 3.05) is 18.4 Å². The highest BCUT2D eigenvalue weighted by molar-refractivity contribution is 5.70. The zero-order valence-electron chi connectivity index (χ0n) is 14.2. The van der Waals surface area contributed by atoms with Crippen LogP contribution >= 0.6 is 0 Å². The SMILES string of the molecule is CC(C)(C)OC(=O)N1CC[C@]2(C1)Nc1cccnc1-n1cccc12. The van der Waals surface area contributed by atoms with E-state index in [1.807, 2.05) is 45.2 Å². The Morgan fingerprint density at radius 2 is 2.17 bits per heavy atom. The van der Waals surface area contributed by atoms with E-state index in [0.29, 0.717) is 13.1 Å². The number of hydrogen-bond donors (Lipinski definition) is 1. The van der Waals surface area contributed by atoms with Crippen molar-refractivity contribution >= 4 is 11.8 Å². The monoisotopic (exact) mass is 326 g/mol. The molecule has 1 fully saturated rings. The van der Waals surface area contributed by atoms with Crippen molar-refractivity contribution in [1.82, 2.24) is 14.5 Å². The lowest BCUT2D eigenvalue weighted by Gasteiger charge is -2.37. The molecule has 1 atom stereocenters. The predicted molar refractivity (Wildman–Crippen MR) is 91.3 cm³/mol. The van der Waals surface area contributed by atoms with Crippen molar-refractivity contribution in [3.8, 4) is 5.82 Å². The minimum absolute atomic E-state index is 0.253. The first-order valence-electron chi connectivity index (χ1n) is 8.27. The highest BCUT2D eigenvalue weighted by Crippen LogP contribution is 2.42. The summed E-state index contributed by atoms with van der Waals surface area (Å²) in [6.07, 6.45) is 4.41. The Labute approximate surface area is 141 Å². The second-order valence-electron chi connectivity index (χ2n) is 7.50. The third-order valence-corrected chi connectivity index (χ3v) is 4.55. The zero-order valence-corrected chi connectivity index (χ0v) is 14.2. The van der Waals surface area contributed by atoms with Crippen LogP contribution in [0.15, 0.2) is 36.7 Å². The maximum absolute atomic E-state index is 12.4. The van der Waals surface area contributed by atoms with E-state index >= 15 is 0 Å². The molecule has 6 nitrogen and oxygen atoms in total. The van der Waals surface area contributed by atoms with Gasteiger partial charge in [0.05, 0.1) is 23.5 Å². The van der Waals surface area contributed by atoms with Crippen LogP contribution in [0.1, 0.15) is 32.9 Å². The van der Waals surface area contributed by atoms with Crippen LogP contribution in [0.3, 0.4) is 0 Å². The van der Waals surface area contributed by atoms with Crippen LogP contribution in [0, 0.1) is 0 Å². The summed E-state index contributed by atoms with van der Waals surface area (Å²) >= 11 is 0. The lowest BCUT2D eigenvalue weighted by atomic mass is 9.92. The quantitative estimate of drug-likeness (QED) is 0.808. The molecule has 24 heavy (non-hydrogen) atoms. The Kier molecular flexibility index (Phi) is 3.13. The van der Waals surface area contributed by atoms with Crippen molar-refractivity contribution in [2.24, 2.45) is 0 Å². The van der Waals surface area contributed by atoms with E-state index in [0.717, 1.165) is 23.6 Å². The molecule has 0 unspecified atom stereocenters. The molecule has 0 saturated carbocycles. The molecule has 2 aliphatic rings. The molecule has 0 aromatic carbocycles. The second-order valence-corrected chi connectivity index (χ2v) is 7.50. The van der Waals surface area contributed by atoms with E-state index in [1.54, 1.807) is 11.1 Å². The van der Waals surface area contributed by atoms with Gasteiger partial charge in [-0.25, -0.2) is 9.78 Å². The first kappa shape index (κ1) is 15.1. The number of carbonyl (C=O) groups is 1. The van der Waals surface area contributed by atoms with E-state index in [4.69, 9.17) is 4.74 Å². The smallest absolute Gasteiger partial charge is 0.410 e. The molecule has 1 amide bonds. The largest absolute Gasteiger partial charge is 0.444 e. The van der Waals surface area contributed by atoms with Gasteiger partial charge >= 0.3 is 6.09 Å². The van der Waals surface area contributed by atoms with E-state index in [2.05, 4.69) is 20.9 Å². The third kappa shape index (κ3) is 2.33. The Morgan fingerprint density at radius 3 is 2.96 bits per heavy atom. The first-order valence-corrected chi connectivity index (χ1v) is 8.27. The number of carbonyl (C=O) groups excluding carboxylic acids is 1. The lowest BCUT2D eigenvalue weighted by Crippen LogP contribution is -2.44. The van der Waals surface area contributed by atoms with E-state index in [-0.39, 0.29) is 11.6 Å². The Morgan fingerprint density at radius 1 is 1.33 bits per heavy atom. The van der Waals surface area contributed by atoms with Crippen LogP contribution in [0.25, 0.3) is 5.82 Å². The molecule has 126 valence electrons. The van der Waals surface area contributed by atoms with E-state index in [1.165, 1.54) is 0 Å². The van der Waals surface area contributed by atoms with Gasteiger partial charge in [0.15, 0.2) is 5.82 Å². The van der Waals surface area contributed by atoms with Crippen LogP contribution in [-0.4, -0.2) is 39.2 Å². The molecule has 2 aromatic heterocycles. The van der Waals surface area contributed by atoms with Crippen molar-refractivity contribution in [3.63, 3.8) is 0 Å². The summed E-state index contributed by atoms with van der Waals surface area (Å²) in [6.45, 7) is 6.93. The van der Waals surface area contributed by atoms with Crippen molar-refractivity contribution in [1.29, 1.82) is 0 Å². The number of nitrogens with zero attached hydrogens (tertiary/aromatic N) is 3. The summed E-state index contributed by atoms with van der Waals surface area (Å²) < 4.78 is 7.65. The summed E-state index contributed by atoms with van der Waals surface area (Å²) in [5, 5.41) is 3.63. The predicted octanol–water partition coefficient (Wildman–Crippen LogP) is 3.13. The van der Waals surface area contributed by atoms with Crippen molar-refractivity contribution < 1.29 is 9.53 Å². The third-order valence-electron chi connectivity index (χ3n) is 4.55. The normalized spacial score (nSPS) is 22.0.